The zero-order valence-electron chi connectivity index (χ0n) is 10.4. The molecular formula is C14H22N2. The highest BCUT2D eigenvalue weighted by Gasteiger charge is 2.02. The van der Waals surface area contributed by atoms with Crippen molar-refractivity contribution in [1.82, 2.24) is 4.90 Å². The lowest BCUT2D eigenvalue weighted by Crippen LogP contribution is -2.23. The van der Waals surface area contributed by atoms with Crippen molar-refractivity contribution in [2.45, 2.75) is 19.9 Å². The molecule has 16 heavy (non-hydrogen) atoms. The number of hydrogen-bond donors (Lipinski definition) is 1. The maximum absolute atomic E-state index is 5.71. The first-order chi connectivity index (χ1) is 7.63. The summed E-state index contributed by atoms with van der Waals surface area (Å²) in [6, 6.07) is 8.39. The zero-order valence-corrected chi connectivity index (χ0v) is 10.4. The molecule has 0 atom stereocenters. The molecule has 0 heterocycles. The third-order valence-electron chi connectivity index (χ3n) is 2.64. The maximum Gasteiger partial charge on any atom is 0.0184 e. The summed E-state index contributed by atoms with van der Waals surface area (Å²) in [6.07, 6.45) is 1.05. The van der Waals surface area contributed by atoms with Crippen LogP contribution in [-0.4, -0.2) is 25.0 Å². The van der Waals surface area contributed by atoms with Gasteiger partial charge in [0.1, 0.15) is 0 Å². The Balaban J connectivity index is 2.50. The topological polar surface area (TPSA) is 29.3 Å². The number of benzene rings is 1. The van der Waals surface area contributed by atoms with Crippen molar-refractivity contribution in [3.63, 3.8) is 0 Å². The number of hydrogen-bond acceptors (Lipinski definition) is 2. The van der Waals surface area contributed by atoms with Gasteiger partial charge in [-0.1, -0.05) is 36.4 Å². The molecule has 0 saturated heterocycles. The average Bonchev–Trinajstić information content (AvgIpc) is 2.26. The van der Waals surface area contributed by atoms with Gasteiger partial charge in [-0.15, -0.1) is 0 Å². The van der Waals surface area contributed by atoms with Crippen LogP contribution < -0.4 is 5.73 Å². The summed E-state index contributed by atoms with van der Waals surface area (Å²) < 4.78 is 0. The van der Waals surface area contributed by atoms with Gasteiger partial charge in [0.25, 0.3) is 0 Å². The van der Waals surface area contributed by atoms with Crippen LogP contribution in [0.2, 0.25) is 0 Å². The lowest BCUT2D eigenvalue weighted by atomic mass is 10.0. The molecule has 2 heteroatoms. The molecule has 0 aliphatic heterocycles. The highest BCUT2D eigenvalue weighted by atomic mass is 15.1. The average molecular weight is 218 g/mol. The molecule has 0 fully saturated rings. The molecular weight excluding hydrogens is 196 g/mol. The van der Waals surface area contributed by atoms with Crippen LogP contribution in [0.4, 0.5) is 0 Å². The largest absolute Gasteiger partial charge is 0.326 e. The molecule has 1 rings (SSSR count). The molecule has 0 aliphatic carbocycles. The SMILES string of the molecule is C=C(C)CN(C)CCc1ccccc1CN. The Morgan fingerprint density at radius 2 is 1.94 bits per heavy atom. The second-order valence-electron chi connectivity index (χ2n) is 4.42. The van der Waals surface area contributed by atoms with Crippen LogP contribution in [0.1, 0.15) is 18.1 Å². The highest BCUT2D eigenvalue weighted by Crippen LogP contribution is 2.09. The molecule has 0 aliphatic rings. The maximum atomic E-state index is 5.71. The summed E-state index contributed by atoms with van der Waals surface area (Å²) in [6.45, 7) is 8.62. The van der Waals surface area contributed by atoms with Gasteiger partial charge in [0, 0.05) is 19.6 Å². The minimum absolute atomic E-state index is 0.625. The lowest BCUT2D eigenvalue weighted by Gasteiger charge is -2.17. The smallest absolute Gasteiger partial charge is 0.0184 e. The van der Waals surface area contributed by atoms with E-state index in [0.717, 1.165) is 19.5 Å². The quantitative estimate of drug-likeness (QED) is 0.742. The van der Waals surface area contributed by atoms with Crippen LogP contribution in [0.5, 0.6) is 0 Å². The molecule has 2 N–H and O–H groups in total. The third kappa shape index (κ3) is 4.17. The van der Waals surface area contributed by atoms with E-state index in [0.29, 0.717) is 6.54 Å². The van der Waals surface area contributed by atoms with Gasteiger partial charge in [-0.25, -0.2) is 0 Å². The second kappa shape index (κ2) is 6.46. The van der Waals surface area contributed by atoms with E-state index in [9.17, 15) is 0 Å². The predicted molar refractivity (Wildman–Crippen MR) is 70.3 cm³/mol. The molecule has 88 valence electrons. The van der Waals surface area contributed by atoms with Gasteiger partial charge >= 0.3 is 0 Å². The summed E-state index contributed by atoms with van der Waals surface area (Å²) in [5.41, 5.74) is 9.53. The minimum Gasteiger partial charge on any atom is -0.326 e. The number of rotatable bonds is 6. The Morgan fingerprint density at radius 3 is 2.50 bits per heavy atom. The van der Waals surface area contributed by atoms with Crippen molar-refractivity contribution in [3.05, 3.63) is 47.5 Å². The highest BCUT2D eigenvalue weighted by molar-refractivity contribution is 5.27. The van der Waals surface area contributed by atoms with Crippen LogP contribution in [0.25, 0.3) is 0 Å². The van der Waals surface area contributed by atoms with Crippen molar-refractivity contribution in [2.75, 3.05) is 20.1 Å². The zero-order chi connectivity index (χ0) is 12.0. The van der Waals surface area contributed by atoms with E-state index in [-0.39, 0.29) is 0 Å². The predicted octanol–water partition coefficient (Wildman–Crippen LogP) is 2.20. The monoisotopic (exact) mass is 218 g/mol. The Bertz CT molecular complexity index is 344. The van der Waals surface area contributed by atoms with Crippen LogP contribution in [0.15, 0.2) is 36.4 Å². The molecule has 0 aromatic heterocycles. The van der Waals surface area contributed by atoms with E-state index >= 15 is 0 Å². The van der Waals surface area contributed by atoms with E-state index in [4.69, 9.17) is 5.73 Å². The summed E-state index contributed by atoms with van der Waals surface area (Å²) in [5, 5.41) is 0. The van der Waals surface area contributed by atoms with E-state index in [1.165, 1.54) is 16.7 Å². The Labute approximate surface area is 98.8 Å². The number of likely N-dealkylation sites (N-methyl/N-ethyl adjacent to an activating group) is 1. The van der Waals surface area contributed by atoms with E-state index in [2.05, 4.69) is 43.6 Å². The van der Waals surface area contributed by atoms with E-state index in [1.54, 1.807) is 0 Å². The van der Waals surface area contributed by atoms with Gasteiger partial charge in [-0.05, 0) is 31.5 Å². The first-order valence-electron chi connectivity index (χ1n) is 5.73. The van der Waals surface area contributed by atoms with Crippen molar-refractivity contribution in [1.29, 1.82) is 0 Å². The Hall–Kier alpha value is -1.12. The van der Waals surface area contributed by atoms with Crippen molar-refractivity contribution < 1.29 is 0 Å². The standard InChI is InChI=1S/C14H22N2/c1-12(2)11-16(3)9-8-13-6-4-5-7-14(13)10-15/h4-7H,1,8-11,15H2,2-3H3. The number of nitrogens with two attached hydrogens (primary N) is 1. The van der Waals surface area contributed by atoms with Crippen LogP contribution in [-0.2, 0) is 13.0 Å². The first kappa shape index (κ1) is 12.9. The fraction of sp³-hybridized carbons (Fsp3) is 0.429. The molecule has 0 unspecified atom stereocenters. The molecule has 0 bridgehead atoms. The van der Waals surface area contributed by atoms with Gasteiger partial charge in [-0.3, -0.25) is 0 Å². The minimum atomic E-state index is 0.625. The molecule has 1 aromatic rings. The molecule has 2 nitrogen and oxygen atoms in total. The van der Waals surface area contributed by atoms with Gasteiger partial charge in [0.2, 0.25) is 0 Å². The van der Waals surface area contributed by atoms with E-state index < -0.39 is 0 Å². The molecule has 0 saturated carbocycles. The van der Waals surface area contributed by atoms with E-state index in [1.807, 2.05) is 6.07 Å². The van der Waals surface area contributed by atoms with Crippen LogP contribution >= 0.6 is 0 Å². The summed E-state index contributed by atoms with van der Waals surface area (Å²) in [7, 11) is 2.12. The summed E-state index contributed by atoms with van der Waals surface area (Å²) in [4.78, 5) is 2.29. The lowest BCUT2D eigenvalue weighted by molar-refractivity contribution is 0.367. The molecule has 0 amide bonds. The van der Waals surface area contributed by atoms with Gasteiger partial charge in [-0.2, -0.15) is 0 Å². The van der Waals surface area contributed by atoms with Crippen molar-refractivity contribution in [3.8, 4) is 0 Å². The third-order valence-corrected chi connectivity index (χ3v) is 2.64. The number of nitrogens with zero attached hydrogens (tertiary/aromatic N) is 1. The van der Waals surface area contributed by atoms with Gasteiger partial charge in [0.05, 0.1) is 0 Å². The van der Waals surface area contributed by atoms with Crippen LogP contribution in [0, 0.1) is 0 Å². The van der Waals surface area contributed by atoms with Crippen molar-refractivity contribution >= 4 is 0 Å². The molecule has 0 radical (unpaired) electrons. The van der Waals surface area contributed by atoms with Crippen LogP contribution in [0.3, 0.4) is 0 Å². The Kier molecular flexibility index (Phi) is 5.23. The fourth-order valence-electron chi connectivity index (χ4n) is 1.85. The normalized spacial score (nSPS) is 10.8. The fourth-order valence-corrected chi connectivity index (χ4v) is 1.85. The molecule has 1 aromatic carbocycles. The summed E-state index contributed by atoms with van der Waals surface area (Å²) in [5.74, 6) is 0. The summed E-state index contributed by atoms with van der Waals surface area (Å²) >= 11 is 0. The van der Waals surface area contributed by atoms with Gasteiger partial charge < -0.3 is 10.6 Å². The Morgan fingerprint density at radius 1 is 1.31 bits per heavy atom. The van der Waals surface area contributed by atoms with Crippen molar-refractivity contribution in [2.24, 2.45) is 5.73 Å². The second-order valence-corrected chi connectivity index (χ2v) is 4.42. The first-order valence-corrected chi connectivity index (χ1v) is 5.73. The molecule has 0 spiro atoms. The van der Waals surface area contributed by atoms with Gasteiger partial charge in [0.15, 0.2) is 0 Å².